The molecule has 2 aromatic carbocycles. The molecule has 0 saturated heterocycles. The first-order valence-electron chi connectivity index (χ1n) is 12.8. The topological polar surface area (TPSA) is 55.4 Å². The fraction of sp³-hybridized carbons (Fsp3) is 0.333. The summed E-state index contributed by atoms with van der Waals surface area (Å²) in [6, 6.07) is 7.16. The molecule has 1 fully saturated rings. The molecular formula is C30H29F4NO3. The van der Waals surface area contributed by atoms with Crippen LogP contribution >= 0.6 is 0 Å². The molecule has 4 nitrogen and oxygen atoms in total. The Morgan fingerprint density at radius 1 is 0.842 bits per heavy atom. The largest absolute Gasteiger partial charge is 0.416 e. The monoisotopic (exact) mass is 527 g/mol. The minimum absolute atomic E-state index is 0.0783. The van der Waals surface area contributed by atoms with Gasteiger partial charge in [0.25, 0.3) is 5.91 Å². The molecule has 0 aromatic heterocycles. The van der Waals surface area contributed by atoms with Crippen LogP contribution in [0.5, 0.6) is 5.75 Å². The van der Waals surface area contributed by atoms with Gasteiger partial charge < -0.3 is 10.1 Å². The van der Waals surface area contributed by atoms with Crippen molar-refractivity contribution in [2.45, 2.75) is 51.4 Å². The summed E-state index contributed by atoms with van der Waals surface area (Å²) >= 11 is 0. The van der Waals surface area contributed by atoms with E-state index in [1.54, 1.807) is 6.07 Å². The number of nitrogens with one attached hydrogen (secondary N) is 1. The maximum atomic E-state index is 14.7. The summed E-state index contributed by atoms with van der Waals surface area (Å²) in [5, 5.41) is 2.32. The molecule has 2 aliphatic carbocycles. The van der Waals surface area contributed by atoms with Gasteiger partial charge in [-0.3, -0.25) is 4.79 Å². The Kier molecular flexibility index (Phi) is 9.15. The third kappa shape index (κ3) is 6.41. The smallest absolute Gasteiger partial charge is 0.343 e. The Morgan fingerprint density at radius 2 is 1.47 bits per heavy atom. The first-order valence-corrected chi connectivity index (χ1v) is 12.8. The number of carbonyl (C=O) groups is 2. The van der Waals surface area contributed by atoms with Crippen molar-refractivity contribution in [2.24, 2.45) is 5.92 Å². The third-order valence-corrected chi connectivity index (χ3v) is 6.93. The summed E-state index contributed by atoms with van der Waals surface area (Å²) in [6.07, 6.45) is 16.9. The Morgan fingerprint density at radius 3 is 2.13 bits per heavy atom. The molecule has 0 heterocycles. The van der Waals surface area contributed by atoms with Gasteiger partial charge in [0.05, 0.1) is 5.56 Å². The number of carbonyl (C=O) groups excluding carboxylic acids is 2. The number of ether oxygens (including phenoxy) is 1. The van der Waals surface area contributed by atoms with Crippen molar-refractivity contribution < 1.29 is 31.9 Å². The first kappa shape index (κ1) is 27.4. The zero-order valence-electron chi connectivity index (χ0n) is 20.9. The van der Waals surface area contributed by atoms with Gasteiger partial charge in [0.15, 0.2) is 11.6 Å². The lowest BCUT2D eigenvalue weighted by atomic mass is 9.84. The molecule has 4 rings (SSSR count). The van der Waals surface area contributed by atoms with Gasteiger partial charge in [0, 0.05) is 6.54 Å². The van der Waals surface area contributed by atoms with E-state index in [-0.39, 0.29) is 12.1 Å². The van der Waals surface area contributed by atoms with Gasteiger partial charge in [0.2, 0.25) is 17.4 Å². The number of amides is 1. The van der Waals surface area contributed by atoms with Crippen molar-refractivity contribution in [2.75, 3.05) is 6.54 Å². The van der Waals surface area contributed by atoms with Crippen molar-refractivity contribution in [3.63, 3.8) is 0 Å². The maximum Gasteiger partial charge on any atom is 0.343 e. The molecular weight excluding hydrogens is 498 g/mol. The molecule has 38 heavy (non-hydrogen) atoms. The number of rotatable bonds is 6. The molecule has 8 heteroatoms. The normalized spacial score (nSPS) is 16.5. The Bertz CT molecular complexity index is 1250. The summed E-state index contributed by atoms with van der Waals surface area (Å²) in [7, 11) is 0. The number of hydrogen-bond acceptors (Lipinski definition) is 3. The van der Waals surface area contributed by atoms with E-state index in [1.807, 2.05) is 24.3 Å². The maximum absolute atomic E-state index is 14.7. The van der Waals surface area contributed by atoms with Crippen LogP contribution in [-0.4, -0.2) is 18.4 Å². The molecule has 0 spiro atoms. The summed E-state index contributed by atoms with van der Waals surface area (Å²) in [5.74, 6) is -11.4. The molecule has 1 saturated carbocycles. The van der Waals surface area contributed by atoms with E-state index in [2.05, 4.69) is 10.1 Å². The van der Waals surface area contributed by atoms with E-state index >= 15 is 0 Å². The molecule has 0 bridgehead atoms. The van der Waals surface area contributed by atoms with Crippen LogP contribution in [0.2, 0.25) is 0 Å². The van der Waals surface area contributed by atoms with Gasteiger partial charge in [-0.15, -0.1) is 0 Å². The first-order chi connectivity index (χ1) is 18.4. The Hall–Kier alpha value is -3.68. The summed E-state index contributed by atoms with van der Waals surface area (Å²) in [4.78, 5) is 24.7. The van der Waals surface area contributed by atoms with E-state index in [0.717, 1.165) is 19.3 Å². The zero-order chi connectivity index (χ0) is 27.1. The fourth-order valence-electron chi connectivity index (χ4n) is 4.83. The molecule has 2 aromatic rings. The summed E-state index contributed by atoms with van der Waals surface area (Å²) < 4.78 is 63.1. The van der Waals surface area contributed by atoms with Gasteiger partial charge in [0.1, 0.15) is 5.56 Å². The molecule has 0 atom stereocenters. The molecule has 200 valence electrons. The minimum Gasteiger partial charge on any atom is -0.416 e. The van der Waals surface area contributed by atoms with E-state index in [4.69, 9.17) is 0 Å². The van der Waals surface area contributed by atoms with Gasteiger partial charge in [-0.1, -0.05) is 80.2 Å². The average Bonchev–Trinajstić information content (AvgIpc) is 3.15. The summed E-state index contributed by atoms with van der Waals surface area (Å²) in [6.45, 7) is -0.101. The highest BCUT2D eigenvalue weighted by Crippen LogP contribution is 2.32. The lowest BCUT2D eigenvalue weighted by Crippen LogP contribution is -2.28. The van der Waals surface area contributed by atoms with Gasteiger partial charge in [-0.2, -0.15) is 8.78 Å². The van der Waals surface area contributed by atoms with E-state index in [1.165, 1.54) is 61.9 Å². The lowest BCUT2D eigenvalue weighted by molar-refractivity contribution is 0.0717. The molecule has 0 aliphatic heterocycles. The highest BCUT2D eigenvalue weighted by Gasteiger charge is 2.32. The van der Waals surface area contributed by atoms with Gasteiger partial charge in [-0.25, -0.2) is 13.6 Å². The zero-order valence-corrected chi connectivity index (χ0v) is 20.9. The van der Waals surface area contributed by atoms with E-state index < -0.39 is 46.5 Å². The standard InChI is InChI=1S/C30H29F4NO3/c31-24-23(25(32)27(34)28(26(24)33)38-30(37)22-13-7-4-8-14-22)29(36)35-18-19-10-9-15-21(17-16-19)20-11-5-2-1-3-6-12-20/h4,7-10,13-14,16-17,20H,1-3,5-6,11-12,15,18H2,(H,35,36). The van der Waals surface area contributed by atoms with Crippen LogP contribution < -0.4 is 10.1 Å². The second-order valence-electron chi connectivity index (χ2n) is 9.53. The Labute approximate surface area is 219 Å². The predicted octanol–water partition coefficient (Wildman–Crippen LogP) is 7.37. The van der Waals surface area contributed by atoms with Gasteiger partial charge >= 0.3 is 5.97 Å². The van der Waals surface area contributed by atoms with Crippen molar-refractivity contribution in [1.82, 2.24) is 5.32 Å². The fourth-order valence-corrected chi connectivity index (χ4v) is 4.83. The van der Waals surface area contributed by atoms with Crippen LogP contribution in [-0.2, 0) is 0 Å². The van der Waals surface area contributed by atoms with Crippen molar-refractivity contribution >= 4 is 11.9 Å². The minimum atomic E-state index is -1.97. The van der Waals surface area contributed by atoms with Crippen LogP contribution in [0.3, 0.4) is 0 Å². The SMILES string of the molecule is O=C(Oc1c(F)c(F)c(C(=O)NCC2=CC=C(C3CCCCCCC3)CC=C2)c(F)c1F)c1ccccc1. The van der Waals surface area contributed by atoms with E-state index in [0.29, 0.717) is 11.5 Å². The van der Waals surface area contributed by atoms with Crippen LogP contribution in [0.25, 0.3) is 0 Å². The van der Waals surface area contributed by atoms with Crippen LogP contribution in [0.4, 0.5) is 17.6 Å². The lowest BCUT2D eigenvalue weighted by Gasteiger charge is -2.21. The molecule has 0 radical (unpaired) electrons. The summed E-state index contributed by atoms with van der Waals surface area (Å²) in [5.41, 5.74) is 0.481. The number of benzene rings is 2. The highest BCUT2D eigenvalue weighted by atomic mass is 19.2. The highest BCUT2D eigenvalue weighted by molar-refractivity contribution is 5.95. The van der Waals surface area contributed by atoms with E-state index in [9.17, 15) is 27.2 Å². The second kappa shape index (κ2) is 12.7. The number of hydrogen-bond donors (Lipinski definition) is 1. The van der Waals surface area contributed by atoms with Crippen molar-refractivity contribution in [3.8, 4) is 5.75 Å². The molecule has 1 amide bonds. The third-order valence-electron chi connectivity index (χ3n) is 6.93. The number of esters is 1. The van der Waals surface area contributed by atoms with Crippen LogP contribution in [0.1, 0.15) is 72.1 Å². The van der Waals surface area contributed by atoms with Crippen LogP contribution in [0.15, 0.2) is 65.8 Å². The Balaban J connectivity index is 1.46. The second-order valence-corrected chi connectivity index (χ2v) is 9.53. The predicted molar refractivity (Wildman–Crippen MR) is 136 cm³/mol. The van der Waals surface area contributed by atoms with Crippen molar-refractivity contribution in [3.05, 3.63) is 100 Å². The molecule has 2 aliphatic rings. The quantitative estimate of drug-likeness (QED) is 0.185. The van der Waals surface area contributed by atoms with Crippen LogP contribution in [0, 0.1) is 29.2 Å². The molecule has 0 unspecified atom stereocenters. The average molecular weight is 528 g/mol. The van der Waals surface area contributed by atoms with Crippen molar-refractivity contribution in [1.29, 1.82) is 0 Å². The number of allylic oxidation sites excluding steroid dienone is 4. The van der Waals surface area contributed by atoms with Gasteiger partial charge in [-0.05, 0) is 42.9 Å². The number of halogens is 4. The molecule has 1 N–H and O–H groups in total.